The lowest BCUT2D eigenvalue weighted by atomic mass is 10.2. The number of hydrogen-bond acceptors (Lipinski definition) is 7. The highest BCUT2D eigenvalue weighted by atomic mass is 32.1. The van der Waals surface area contributed by atoms with Crippen molar-refractivity contribution >= 4 is 17.3 Å². The van der Waals surface area contributed by atoms with Crippen LogP contribution in [0.3, 0.4) is 0 Å². The summed E-state index contributed by atoms with van der Waals surface area (Å²) in [5.41, 5.74) is 0.408. The van der Waals surface area contributed by atoms with Gasteiger partial charge in [-0.05, 0) is 54.8 Å². The Morgan fingerprint density at radius 1 is 0.964 bits per heavy atom. The van der Waals surface area contributed by atoms with Gasteiger partial charge in [0.25, 0.3) is 11.8 Å². The number of carbonyl (C=O) groups is 1. The summed E-state index contributed by atoms with van der Waals surface area (Å²) >= 11 is 1.50. The van der Waals surface area contributed by atoms with Crippen LogP contribution in [0.2, 0.25) is 0 Å². The number of carbonyl (C=O) groups excluding carboxylic acids is 1. The number of para-hydroxylation sites is 1. The first-order valence-electron chi connectivity index (χ1n) is 8.60. The average Bonchev–Trinajstić information content (AvgIpc) is 3.41. The molecule has 0 unspecified atom stereocenters. The smallest absolute Gasteiger partial charge is 0.338 e. The zero-order chi connectivity index (χ0) is 19.3. The second-order valence-electron chi connectivity index (χ2n) is 5.91. The van der Waals surface area contributed by atoms with E-state index in [1.54, 1.807) is 31.2 Å². The lowest BCUT2D eigenvalue weighted by molar-refractivity contribution is 0.0280. The summed E-state index contributed by atoms with van der Waals surface area (Å²) < 4.78 is 16.8. The standard InChI is InChI=1S/C21H16N2O4S/c1-14(19-22-23-20(27-19)18-8-5-13-28-18)25-21(24)15-9-11-17(12-10-15)26-16-6-3-2-4-7-16/h2-14H,1H3/t14-/m1/s1. The van der Waals surface area contributed by atoms with Gasteiger partial charge < -0.3 is 13.9 Å². The topological polar surface area (TPSA) is 74.5 Å². The third-order valence-electron chi connectivity index (χ3n) is 3.87. The minimum absolute atomic E-state index is 0.251. The lowest BCUT2D eigenvalue weighted by Crippen LogP contribution is -2.09. The Kier molecular flexibility index (Phi) is 5.16. The van der Waals surface area contributed by atoms with Gasteiger partial charge in [-0.15, -0.1) is 21.5 Å². The fourth-order valence-corrected chi connectivity index (χ4v) is 3.11. The van der Waals surface area contributed by atoms with Crippen molar-refractivity contribution in [3.8, 4) is 22.3 Å². The predicted octanol–water partition coefficient (Wildman–Crippen LogP) is 5.51. The number of hydrogen-bond donors (Lipinski definition) is 0. The van der Waals surface area contributed by atoms with Crippen LogP contribution in [-0.4, -0.2) is 16.2 Å². The SMILES string of the molecule is C[C@@H](OC(=O)c1ccc(Oc2ccccc2)cc1)c1nnc(-c2cccs2)o1. The summed E-state index contributed by atoms with van der Waals surface area (Å²) in [5, 5.41) is 9.89. The summed E-state index contributed by atoms with van der Waals surface area (Å²) in [4.78, 5) is 13.2. The molecule has 0 aliphatic rings. The van der Waals surface area contributed by atoms with Gasteiger partial charge in [0.05, 0.1) is 10.4 Å². The maximum Gasteiger partial charge on any atom is 0.338 e. The molecule has 0 fully saturated rings. The molecule has 2 aromatic carbocycles. The molecule has 6 nitrogen and oxygen atoms in total. The van der Waals surface area contributed by atoms with Gasteiger partial charge in [-0.1, -0.05) is 24.3 Å². The van der Waals surface area contributed by atoms with Gasteiger partial charge in [0, 0.05) is 0 Å². The maximum absolute atomic E-state index is 12.4. The van der Waals surface area contributed by atoms with Gasteiger partial charge in [-0.2, -0.15) is 0 Å². The Hall–Kier alpha value is -3.45. The molecule has 7 heteroatoms. The molecule has 0 saturated heterocycles. The van der Waals surface area contributed by atoms with Gasteiger partial charge in [-0.25, -0.2) is 4.79 Å². The van der Waals surface area contributed by atoms with Crippen LogP contribution in [0.25, 0.3) is 10.8 Å². The van der Waals surface area contributed by atoms with Crippen LogP contribution in [0.1, 0.15) is 29.3 Å². The highest BCUT2D eigenvalue weighted by Gasteiger charge is 2.20. The first kappa shape index (κ1) is 17.9. The van der Waals surface area contributed by atoms with E-state index >= 15 is 0 Å². The first-order chi connectivity index (χ1) is 13.7. The summed E-state index contributed by atoms with van der Waals surface area (Å²) in [6.07, 6.45) is -0.658. The van der Waals surface area contributed by atoms with Crippen molar-refractivity contribution in [1.82, 2.24) is 10.2 Å². The summed E-state index contributed by atoms with van der Waals surface area (Å²) in [7, 11) is 0. The second kappa shape index (κ2) is 8.06. The quantitative estimate of drug-likeness (QED) is 0.403. The molecule has 0 aliphatic carbocycles. The minimum Gasteiger partial charge on any atom is -0.457 e. The van der Waals surface area contributed by atoms with E-state index in [2.05, 4.69) is 10.2 Å². The molecule has 4 aromatic rings. The van der Waals surface area contributed by atoms with E-state index in [9.17, 15) is 4.79 Å². The number of thiophene rings is 1. The molecule has 0 amide bonds. The summed E-state index contributed by atoms with van der Waals surface area (Å²) in [5.74, 6) is 1.54. The van der Waals surface area contributed by atoms with Crippen LogP contribution in [0.4, 0.5) is 0 Å². The molecule has 0 saturated carbocycles. The zero-order valence-electron chi connectivity index (χ0n) is 14.9. The number of benzene rings is 2. The van der Waals surface area contributed by atoms with Gasteiger partial charge in [-0.3, -0.25) is 0 Å². The Morgan fingerprint density at radius 2 is 1.71 bits per heavy atom. The van der Waals surface area contributed by atoms with E-state index in [4.69, 9.17) is 13.9 Å². The fraction of sp³-hybridized carbons (Fsp3) is 0.0952. The molecule has 0 bridgehead atoms. The Labute approximate surface area is 165 Å². The van der Waals surface area contributed by atoms with Crippen molar-refractivity contribution in [3.05, 3.63) is 83.6 Å². The van der Waals surface area contributed by atoms with Crippen LogP contribution in [0.15, 0.2) is 76.5 Å². The number of esters is 1. The molecule has 0 radical (unpaired) electrons. The van der Waals surface area contributed by atoms with E-state index < -0.39 is 12.1 Å². The minimum atomic E-state index is -0.658. The highest BCUT2D eigenvalue weighted by Crippen LogP contribution is 2.27. The maximum atomic E-state index is 12.4. The van der Waals surface area contributed by atoms with Crippen molar-refractivity contribution in [2.45, 2.75) is 13.0 Å². The third kappa shape index (κ3) is 4.10. The molecular formula is C21H16N2O4S. The van der Waals surface area contributed by atoms with Gasteiger partial charge >= 0.3 is 5.97 Å². The van der Waals surface area contributed by atoms with E-state index in [1.807, 2.05) is 47.8 Å². The molecule has 28 heavy (non-hydrogen) atoms. The summed E-state index contributed by atoms with van der Waals surface area (Å²) in [6.45, 7) is 1.69. The number of nitrogens with zero attached hydrogens (tertiary/aromatic N) is 2. The Bertz CT molecular complexity index is 1040. The highest BCUT2D eigenvalue weighted by molar-refractivity contribution is 7.13. The fourth-order valence-electron chi connectivity index (χ4n) is 2.46. The number of rotatable bonds is 6. The normalized spacial score (nSPS) is 11.8. The van der Waals surface area contributed by atoms with Crippen molar-refractivity contribution < 1.29 is 18.7 Å². The zero-order valence-corrected chi connectivity index (χ0v) is 15.8. The Morgan fingerprint density at radius 3 is 2.43 bits per heavy atom. The van der Waals surface area contributed by atoms with E-state index in [0.29, 0.717) is 17.2 Å². The monoisotopic (exact) mass is 392 g/mol. The van der Waals surface area contributed by atoms with Crippen LogP contribution in [0, 0.1) is 0 Å². The second-order valence-corrected chi connectivity index (χ2v) is 6.86. The van der Waals surface area contributed by atoms with Gasteiger partial charge in [0.2, 0.25) is 0 Å². The largest absolute Gasteiger partial charge is 0.457 e. The van der Waals surface area contributed by atoms with Crippen molar-refractivity contribution in [3.63, 3.8) is 0 Å². The molecule has 1 atom stereocenters. The molecule has 0 aliphatic heterocycles. The predicted molar refractivity (Wildman–Crippen MR) is 104 cm³/mol. The number of ether oxygens (including phenoxy) is 2. The lowest BCUT2D eigenvalue weighted by Gasteiger charge is -2.10. The van der Waals surface area contributed by atoms with Crippen molar-refractivity contribution in [2.24, 2.45) is 0 Å². The third-order valence-corrected chi connectivity index (χ3v) is 4.73. The van der Waals surface area contributed by atoms with Gasteiger partial charge in [0.1, 0.15) is 11.5 Å². The number of aromatic nitrogens is 2. The van der Waals surface area contributed by atoms with Crippen LogP contribution in [-0.2, 0) is 4.74 Å². The average molecular weight is 392 g/mol. The van der Waals surface area contributed by atoms with E-state index in [1.165, 1.54) is 11.3 Å². The van der Waals surface area contributed by atoms with Crippen LogP contribution in [0.5, 0.6) is 11.5 Å². The molecule has 0 N–H and O–H groups in total. The first-order valence-corrected chi connectivity index (χ1v) is 9.48. The Balaban J connectivity index is 1.39. The molecule has 4 rings (SSSR count). The molecule has 2 heterocycles. The molecule has 140 valence electrons. The molecule has 2 aromatic heterocycles. The van der Waals surface area contributed by atoms with Crippen LogP contribution < -0.4 is 4.74 Å². The van der Waals surface area contributed by atoms with E-state index in [-0.39, 0.29) is 5.89 Å². The van der Waals surface area contributed by atoms with Crippen molar-refractivity contribution in [1.29, 1.82) is 0 Å². The van der Waals surface area contributed by atoms with E-state index in [0.717, 1.165) is 10.6 Å². The molecule has 0 spiro atoms. The summed E-state index contributed by atoms with van der Waals surface area (Å²) in [6, 6.07) is 19.9. The van der Waals surface area contributed by atoms with Crippen LogP contribution >= 0.6 is 11.3 Å². The molecular weight excluding hydrogens is 376 g/mol. The van der Waals surface area contributed by atoms with Gasteiger partial charge in [0.15, 0.2) is 6.10 Å². The van der Waals surface area contributed by atoms with Crippen molar-refractivity contribution in [2.75, 3.05) is 0 Å².